The molecule has 3 heteroatoms. The molecule has 0 spiro atoms. The maximum atomic E-state index is 6.32. The summed E-state index contributed by atoms with van der Waals surface area (Å²) in [4.78, 5) is 0. The smallest absolute Gasteiger partial charge is 0.125 e. The van der Waals surface area contributed by atoms with E-state index in [0.29, 0.717) is 0 Å². The van der Waals surface area contributed by atoms with Crippen LogP contribution in [0, 0.1) is 6.92 Å². The van der Waals surface area contributed by atoms with Crippen LogP contribution in [0.1, 0.15) is 36.8 Å². The molecule has 1 aromatic carbocycles. The maximum absolute atomic E-state index is 6.32. The Hall–Kier alpha value is -0.400. The maximum Gasteiger partial charge on any atom is 0.125 e. The molecule has 82 valence electrons. The normalized spacial score (nSPS) is 23.1. The number of hydrogen-bond acceptors (Lipinski definition) is 1. The number of fused-ring (bicyclic) bond motifs is 1. The van der Waals surface area contributed by atoms with Crippen molar-refractivity contribution in [2.75, 3.05) is 0 Å². The summed E-state index contributed by atoms with van der Waals surface area (Å²) < 4.78 is 5.88. The monoisotopic (exact) mass is 244 g/mol. The summed E-state index contributed by atoms with van der Waals surface area (Å²) in [6, 6.07) is 3.88. The van der Waals surface area contributed by atoms with Crippen LogP contribution in [0.3, 0.4) is 0 Å². The molecule has 1 aliphatic rings. The van der Waals surface area contributed by atoms with Gasteiger partial charge >= 0.3 is 0 Å². The van der Waals surface area contributed by atoms with Gasteiger partial charge in [0.05, 0.1) is 5.38 Å². The highest BCUT2D eigenvalue weighted by atomic mass is 35.5. The second kappa shape index (κ2) is 3.57. The van der Waals surface area contributed by atoms with Crippen LogP contribution in [0.5, 0.6) is 5.75 Å². The van der Waals surface area contributed by atoms with E-state index in [9.17, 15) is 0 Å². The average molecular weight is 245 g/mol. The predicted octanol–water partition coefficient (Wildman–Crippen LogP) is 4.49. The molecule has 0 fully saturated rings. The molecule has 15 heavy (non-hydrogen) atoms. The van der Waals surface area contributed by atoms with Gasteiger partial charge in [-0.05, 0) is 38.5 Å². The highest BCUT2D eigenvalue weighted by Gasteiger charge is 2.33. The van der Waals surface area contributed by atoms with Crippen LogP contribution in [0.2, 0.25) is 5.02 Å². The zero-order chi connectivity index (χ0) is 11.2. The lowest BCUT2D eigenvalue weighted by Crippen LogP contribution is -2.33. The number of halogens is 2. The van der Waals surface area contributed by atoms with Crippen LogP contribution >= 0.6 is 23.2 Å². The molecule has 0 saturated heterocycles. The minimum absolute atomic E-state index is 0.0122. The van der Waals surface area contributed by atoms with E-state index < -0.39 is 0 Å². The van der Waals surface area contributed by atoms with Gasteiger partial charge in [0, 0.05) is 17.0 Å². The third kappa shape index (κ3) is 2.09. The third-order valence-electron chi connectivity index (χ3n) is 2.69. The fourth-order valence-corrected chi connectivity index (χ4v) is 2.60. The second-order valence-corrected chi connectivity index (χ2v) is 5.61. The van der Waals surface area contributed by atoms with E-state index >= 15 is 0 Å². The van der Waals surface area contributed by atoms with Crippen molar-refractivity contribution >= 4 is 23.2 Å². The van der Waals surface area contributed by atoms with E-state index in [1.54, 1.807) is 0 Å². The van der Waals surface area contributed by atoms with Crippen molar-refractivity contribution in [2.45, 2.75) is 38.2 Å². The van der Waals surface area contributed by atoms with Crippen LogP contribution in [0.4, 0.5) is 0 Å². The Kier molecular flexibility index (Phi) is 2.64. The van der Waals surface area contributed by atoms with Crippen molar-refractivity contribution in [3.63, 3.8) is 0 Å². The van der Waals surface area contributed by atoms with E-state index in [0.717, 1.165) is 28.3 Å². The standard InChI is InChI=1S/C12H14Cl2O/c1-7-4-11-8(5-9(7)13)10(14)6-12(2,3)15-11/h4-5,10H,6H2,1-3H3. The second-order valence-electron chi connectivity index (χ2n) is 4.67. The lowest BCUT2D eigenvalue weighted by atomic mass is 9.93. The molecule has 1 nitrogen and oxygen atoms in total. The molecule has 0 bridgehead atoms. The molecule has 1 aliphatic heterocycles. The number of alkyl halides is 1. The van der Waals surface area contributed by atoms with Crippen molar-refractivity contribution in [1.29, 1.82) is 0 Å². The largest absolute Gasteiger partial charge is 0.487 e. The van der Waals surface area contributed by atoms with Crippen molar-refractivity contribution in [3.8, 4) is 5.75 Å². The zero-order valence-electron chi connectivity index (χ0n) is 9.10. The summed E-state index contributed by atoms with van der Waals surface area (Å²) in [5, 5.41) is 0.740. The molecule has 0 saturated carbocycles. The summed E-state index contributed by atoms with van der Waals surface area (Å²) in [6.45, 7) is 6.07. The first-order chi connectivity index (χ1) is 6.89. The van der Waals surface area contributed by atoms with Crippen molar-refractivity contribution in [3.05, 3.63) is 28.3 Å². The average Bonchev–Trinajstić information content (AvgIpc) is 2.07. The molecular weight excluding hydrogens is 231 g/mol. The van der Waals surface area contributed by atoms with E-state index in [-0.39, 0.29) is 11.0 Å². The van der Waals surface area contributed by atoms with Gasteiger partial charge in [0.15, 0.2) is 0 Å². The van der Waals surface area contributed by atoms with Gasteiger partial charge in [-0.1, -0.05) is 11.6 Å². The zero-order valence-corrected chi connectivity index (χ0v) is 10.6. The Morgan fingerprint density at radius 1 is 1.40 bits per heavy atom. The Labute approximate surface area is 100 Å². The Bertz CT molecular complexity index is 399. The fourth-order valence-electron chi connectivity index (χ4n) is 1.88. The first kappa shape index (κ1) is 11.1. The van der Waals surface area contributed by atoms with Crippen LogP contribution in [0.15, 0.2) is 12.1 Å². The Balaban J connectivity index is 2.51. The quantitative estimate of drug-likeness (QED) is 0.612. The molecule has 1 atom stereocenters. The van der Waals surface area contributed by atoms with E-state index in [1.807, 2.05) is 19.1 Å². The van der Waals surface area contributed by atoms with Crippen molar-refractivity contribution < 1.29 is 4.74 Å². The summed E-state index contributed by atoms with van der Waals surface area (Å²) >= 11 is 12.4. The van der Waals surface area contributed by atoms with Gasteiger partial charge in [0.1, 0.15) is 11.4 Å². The van der Waals surface area contributed by atoms with Crippen LogP contribution in [-0.2, 0) is 0 Å². The first-order valence-electron chi connectivity index (χ1n) is 5.02. The van der Waals surface area contributed by atoms with E-state index in [1.165, 1.54) is 0 Å². The van der Waals surface area contributed by atoms with Gasteiger partial charge in [0.2, 0.25) is 0 Å². The molecule has 1 unspecified atom stereocenters. The number of ether oxygens (including phenoxy) is 1. The summed E-state index contributed by atoms with van der Waals surface area (Å²) in [5.41, 5.74) is 1.84. The molecular formula is C12H14Cl2O. The van der Waals surface area contributed by atoms with Crippen molar-refractivity contribution in [1.82, 2.24) is 0 Å². The van der Waals surface area contributed by atoms with E-state index in [2.05, 4.69) is 13.8 Å². The topological polar surface area (TPSA) is 9.23 Å². The Morgan fingerprint density at radius 3 is 2.73 bits per heavy atom. The van der Waals surface area contributed by atoms with Crippen LogP contribution in [0.25, 0.3) is 0 Å². The number of rotatable bonds is 0. The minimum atomic E-state index is -0.195. The minimum Gasteiger partial charge on any atom is -0.487 e. The summed E-state index contributed by atoms with van der Waals surface area (Å²) in [6.07, 6.45) is 0.806. The van der Waals surface area contributed by atoms with Gasteiger partial charge in [-0.15, -0.1) is 11.6 Å². The summed E-state index contributed by atoms with van der Waals surface area (Å²) in [7, 11) is 0. The van der Waals surface area contributed by atoms with Gasteiger partial charge in [-0.3, -0.25) is 0 Å². The lowest BCUT2D eigenvalue weighted by molar-refractivity contribution is 0.0825. The molecule has 0 aliphatic carbocycles. The van der Waals surface area contributed by atoms with Crippen molar-refractivity contribution in [2.24, 2.45) is 0 Å². The first-order valence-corrected chi connectivity index (χ1v) is 5.84. The lowest BCUT2D eigenvalue weighted by Gasteiger charge is -2.35. The number of benzene rings is 1. The molecule has 0 aromatic heterocycles. The molecule has 0 N–H and O–H groups in total. The molecule has 2 rings (SSSR count). The third-order valence-corrected chi connectivity index (χ3v) is 3.48. The van der Waals surface area contributed by atoms with Gasteiger partial charge in [0.25, 0.3) is 0 Å². The molecule has 0 radical (unpaired) electrons. The van der Waals surface area contributed by atoms with Gasteiger partial charge < -0.3 is 4.74 Å². The van der Waals surface area contributed by atoms with Gasteiger partial charge in [-0.2, -0.15) is 0 Å². The highest BCUT2D eigenvalue weighted by molar-refractivity contribution is 6.31. The molecule has 0 amide bonds. The van der Waals surface area contributed by atoms with Crippen LogP contribution in [-0.4, -0.2) is 5.60 Å². The number of hydrogen-bond donors (Lipinski definition) is 0. The highest BCUT2D eigenvalue weighted by Crippen LogP contribution is 2.44. The Morgan fingerprint density at radius 2 is 2.07 bits per heavy atom. The predicted molar refractivity (Wildman–Crippen MR) is 64.1 cm³/mol. The van der Waals surface area contributed by atoms with Gasteiger partial charge in [-0.25, -0.2) is 0 Å². The fraction of sp³-hybridized carbons (Fsp3) is 0.500. The molecule has 1 heterocycles. The number of aryl methyl sites for hydroxylation is 1. The van der Waals surface area contributed by atoms with Crippen LogP contribution < -0.4 is 4.74 Å². The molecule has 1 aromatic rings. The summed E-state index contributed by atoms with van der Waals surface area (Å²) in [5.74, 6) is 0.869. The van der Waals surface area contributed by atoms with E-state index in [4.69, 9.17) is 27.9 Å². The SMILES string of the molecule is Cc1cc2c(cc1Cl)C(Cl)CC(C)(C)O2.